The molecule has 1 aromatic heterocycles. The van der Waals surface area contributed by atoms with Crippen LogP contribution in [-0.2, 0) is 0 Å². The molecule has 0 saturated carbocycles. The first-order chi connectivity index (χ1) is 6.77. The summed E-state index contributed by atoms with van der Waals surface area (Å²) in [5.74, 6) is 0. The van der Waals surface area contributed by atoms with Crippen molar-refractivity contribution in [2.45, 2.75) is 13.8 Å². The maximum atomic E-state index is 5.97. The van der Waals surface area contributed by atoms with E-state index in [0.29, 0.717) is 0 Å². The van der Waals surface area contributed by atoms with Gasteiger partial charge in [0.15, 0.2) is 0 Å². The Kier molecular flexibility index (Phi) is 4.36. The fourth-order valence-electron chi connectivity index (χ4n) is 1.08. The average Bonchev–Trinajstić information content (AvgIpc) is 2.22. The molecular weight excluding hydrogens is 261 g/mol. The summed E-state index contributed by atoms with van der Waals surface area (Å²) in [6.07, 6.45) is 1.71. The van der Waals surface area contributed by atoms with Gasteiger partial charge in [-0.05, 0) is 24.3 Å². The highest BCUT2D eigenvalue weighted by molar-refractivity contribution is 9.10. The molecule has 14 heavy (non-hydrogen) atoms. The monoisotopic (exact) mass is 271 g/mol. The third kappa shape index (κ3) is 2.46. The number of nitrogens with zero attached hydrogens (tertiary/aromatic N) is 1. The number of rotatable bonds is 0. The Morgan fingerprint density at radius 1 is 1.21 bits per heavy atom. The summed E-state index contributed by atoms with van der Waals surface area (Å²) in [5.41, 5.74) is 0.922. The van der Waals surface area contributed by atoms with Crippen LogP contribution in [0, 0.1) is 0 Å². The van der Waals surface area contributed by atoms with E-state index in [4.69, 9.17) is 11.6 Å². The van der Waals surface area contributed by atoms with Crippen molar-refractivity contribution in [1.82, 2.24) is 4.98 Å². The van der Waals surface area contributed by atoms with E-state index in [0.717, 1.165) is 20.4 Å². The highest BCUT2D eigenvalue weighted by Crippen LogP contribution is 2.24. The average molecular weight is 273 g/mol. The number of halogens is 2. The van der Waals surface area contributed by atoms with Crippen molar-refractivity contribution in [3.8, 4) is 0 Å². The lowest BCUT2D eigenvalue weighted by molar-refractivity contribution is 1.41. The SMILES string of the molecule is CC.Clc1ccnc2ccc(Br)cc12. The second-order valence-electron chi connectivity index (χ2n) is 2.45. The highest BCUT2D eigenvalue weighted by atomic mass is 79.9. The first kappa shape index (κ1) is 11.5. The molecule has 1 heterocycles. The Morgan fingerprint density at radius 3 is 2.64 bits per heavy atom. The molecular formula is C11H11BrClN. The van der Waals surface area contributed by atoms with E-state index in [1.165, 1.54) is 0 Å². The normalized spacial score (nSPS) is 9.43. The Balaban J connectivity index is 0.000000461. The Hall–Kier alpha value is -0.600. The third-order valence-corrected chi connectivity index (χ3v) is 2.47. The zero-order chi connectivity index (χ0) is 10.6. The topological polar surface area (TPSA) is 12.9 Å². The van der Waals surface area contributed by atoms with Crippen molar-refractivity contribution >= 4 is 38.4 Å². The molecule has 0 saturated heterocycles. The molecule has 0 fully saturated rings. The zero-order valence-electron chi connectivity index (χ0n) is 8.09. The molecule has 74 valence electrons. The van der Waals surface area contributed by atoms with Crippen LogP contribution in [0.4, 0.5) is 0 Å². The number of aromatic nitrogens is 1. The third-order valence-electron chi connectivity index (χ3n) is 1.65. The van der Waals surface area contributed by atoms with Gasteiger partial charge in [0.1, 0.15) is 0 Å². The van der Waals surface area contributed by atoms with Crippen LogP contribution in [-0.4, -0.2) is 4.98 Å². The molecule has 0 bridgehead atoms. The maximum Gasteiger partial charge on any atom is 0.0717 e. The quantitative estimate of drug-likeness (QED) is 0.679. The number of hydrogen-bond acceptors (Lipinski definition) is 1. The van der Waals surface area contributed by atoms with Crippen LogP contribution in [0.3, 0.4) is 0 Å². The van der Waals surface area contributed by atoms with E-state index in [2.05, 4.69) is 20.9 Å². The maximum absolute atomic E-state index is 5.97. The van der Waals surface area contributed by atoms with Crippen LogP contribution in [0.2, 0.25) is 5.02 Å². The summed E-state index contributed by atoms with van der Waals surface area (Å²) in [5, 5.41) is 1.72. The van der Waals surface area contributed by atoms with Crippen LogP contribution >= 0.6 is 27.5 Å². The summed E-state index contributed by atoms with van der Waals surface area (Å²) in [6.45, 7) is 4.00. The standard InChI is InChI=1S/C9H5BrClN.C2H6/c10-6-1-2-9-7(5-6)8(11)3-4-12-9;1-2/h1-5H;1-2H3. The van der Waals surface area contributed by atoms with Crippen LogP contribution in [0.1, 0.15) is 13.8 Å². The lowest BCUT2D eigenvalue weighted by atomic mass is 10.2. The van der Waals surface area contributed by atoms with Crippen molar-refractivity contribution in [1.29, 1.82) is 0 Å². The predicted octanol–water partition coefficient (Wildman–Crippen LogP) is 4.68. The molecule has 0 N–H and O–H groups in total. The van der Waals surface area contributed by atoms with Gasteiger partial charge in [-0.15, -0.1) is 0 Å². The number of fused-ring (bicyclic) bond motifs is 1. The van der Waals surface area contributed by atoms with Gasteiger partial charge in [0, 0.05) is 16.1 Å². The summed E-state index contributed by atoms with van der Waals surface area (Å²) in [7, 11) is 0. The van der Waals surface area contributed by atoms with Crippen LogP contribution in [0.25, 0.3) is 10.9 Å². The molecule has 2 aromatic rings. The lowest BCUT2D eigenvalue weighted by Gasteiger charge is -1.98. The molecule has 0 amide bonds. The minimum atomic E-state index is 0.737. The Bertz CT molecular complexity index is 429. The van der Waals surface area contributed by atoms with E-state index < -0.39 is 0 Å². The van der Waals surface area contributed by atoms with Crippen molar-refractivity contribution in [3.63, 3.8) is 0 Å². The minimum absolute atomic E-state index is 0.737. The van der Waals surface area contributed by atoms with Gasteiger partial charge in [0.2, 0.25) is 0 Å². The summed E-state index contributed by atoms with van der Waals surface area (Å²) in [6, 6.07) is 7.64. The number of benzene rings is 1. The van der Waals surface area contributed by atoms with E-state index in [-0.39, 0.29) is 0 Å². The van der Waals surface area contributed by atoms with Gasteiger partial charge in [-0.25, -0.2) is 0 Å². The van der Waals surface area contributed by atoms with Gasteiger partial charge in [-0.1, -0.05) is 41.4 Å². The summed E-state index contributed by atoms with van der Waals surface area (Å²) in [4.78, 5) is 4.18. The Morgan fingerprint density at radius 2 is 1.93 bits per heavy atom. The highest BCUT2D eigenvalue weighted by Gasteiger charge is 1.98. The van der Waals surface area contributed by atoms with Gasteiger partial charge in [0.05, 0.1) is 10.5 Å². The zero-order valence-corrected chi connectivity index (χ0v) is 10.4. The second-order valence-corrected chi connectivity index (χ2v) is 3.78. The molecule has 3 heteroatoms. The first-order valence-electron chi connectivity index (χ1n) is 4.47. The number of pyridine rings is 1. The first-order valence-corrected chi connectivity index (χ1v) is 5.64. The van der Waals surface area contributed by atoms with Crippen molar-refractivity contribution in [2.75, 3.05) is 0 Å². The van der Waals surface area contributed by atoms with E-state index in [1.807, 2.05) is 32.0 Å². The second kappa shape index (κ2) is 5.32. The van der Waals surface area contributed by atoms with Gasteiger partial charge >= 0.3 is 0 Å². The molecule has 0 aliphatic rings. The smallest absolute Gasteiger partial charge is 0.0717 e. The van der Waals surface area contributed by atoms with Crippen LogP contribution in [0.15, 0.2) is 34.9 Å². The summed E-state index contributed by atoms with van der Waals surface area (Å²) >= 11 is 9.35. The fourth-order valence-corrected chi connectivity index (χ4v) is 1.65. The largest absolute Gasteiger partial charge is 0.256 e. The lowest BCUT2D eigenvalue weighted by Crippen LogP contribution is -1.78. The van der Waals surface area contributed by atoms with E-state index in [1.54, 1.807) is 12.3 Å². The van der Waals surface area contributed by atoms with Gasteiger partial charge in [-0.3, -0.25) is 4.98 Å². The molecule has 1 aromatic carbocycles. The van der Waals surface area contributed by atoms with Gasteiger partial charge in [0.25, 0.3) is 0 Å². The minimum Gasteiger partial charge on any atom is -0.256 e. The number of hydrogen-bond donors (Lipinski definition) is 0. The summed E-state index contributed by atoms with van der Waals surface area (Å²) < 4.78 is 1.02. The van der Waals surface area contributed by atoms with Crippen molar-refractivity contribution in [2.24, 2.45) is 0 Å². The predicted molar refractivity (Wildman–Crippen MR) is 65.8 cm³/mol. The van der Waals surface area contributed by atoms with Crippen molar-refractivity contribution in [3.05, 3.63) is 40.0 Å². The van der Waals surface area contributed by atoms with Gasteiger partial charge in [-0.2, -0.15) is 0 Å². The Labute approximate surface area is 97.2 Å². The van der Waals surface area contributed by atoms with Gasteiger partial charge < -0.3 is 0 Å². The van der Waals surface area contributed by atoms with E-state index >= 15 is 0 Å². The van der Waals surface area contributed by atoms with Crippen LogP contribution < -0.4 is 0 Å². The molecule has 0 spiro atoms. The molecule has 0 radical (unpaired) electrons. The molecule has 0 aliphatic carbocycles. The van der Waals surface area contributed by atoms with Crippen LogP contribution in [0.5, 0.6) is 0 Å². The van der Waals surface area contributed by atoms with Crippen molar-refractivity contribution < 1.29 is 0 Å². The molecule has 0 unspecified atom stereocenters. The molecule has 2 rings (SSSR count). The molecule has 0 aliphatic heterocycles. The fraction of sp³-hybridized carbons (Fsp3) is 0.182. The molecule has 0 atom stereocenters. The van der Waals surface area contributed by atoms with E-state index in [9.17, 15) is 0 Å². The molecule has 1 nitrogen and oxygen atoms in total.